The van der Waals surface area contributed by atoms with E-state index in [1.165, 1.54) is 11.3 Å². The van der Waals surface area contributed by atoms with Crippen molar-refractivity contribution in [3.63, 3.8) is 0 Å². The van der Waals surface area contributed by atoms with Gasteiger partial charge < -0.3 is 16.0 Å². The lowest BCUT2D eigenvalue weighted by molar-refractivity contribution is -0.117. The van der Waals surface area contributed by atoms with Gasteiger partial charge in [0.15, 0.2) is 5.13 Å². The van der Waals surface area contributed by atoms with Gasteiger partial charge in [-0.15, -0.1) is 0 Å². The molecule has 1 aromatic heterocycles. The Bertz CT molecular complexity index is 684. The number of nitrogens with one attached hydrogen (secondary N) is 3. The van der Waals surface area contributed by atoms with Crippen molar-refractivity contribution >= 4 is 28.4 Å². The molecule has 21 heavy (non-hydrogen) atoms. The van der Waals surface area contributed by atoms with E-state index in [9.17, 15) is 9.59 Å². The van der Waals surface area contributed by atoms with Gasteiger partial charge in [0.2, 0.25) is 0 Å². The van der Waals surface area contributed by atoms with Crippen LogP contribution in [0.25, 0.3) is 10.4 Å². The number of aryl methyl sites for hydroxylation is 1. The van der Waals surface area contributed by atoms with Crippen LogP contribution in [0.4, 0.5) is 9.93 Å². The maximum Gasteiger partial charge on any atom is 0.315 e. The summed E-state index contributed by atoms with van der Waals surface area (Å²) in [6.07, 6.45) is 0. The number of nitrogens with zero attached hydrogens (tertiary/aromatic N) is 1. The van der Waals surface area contributed by atoms with E-state index in [1.54, 1.807) is 0 Å². The molecule has 2 heterocycles. The molecular formula is C14H14N4O2S. The minimum absolute atomic E-state index is 0.262. The number of hydrogen-bond acceptors (Lipinski definition) is 4. The van der Waals surface area contributed by atoms with E-state index in [4.69, 9.17) is 0 Å². The van der Waals surface area contributed by atoms with Gasteiger partial charge in [0.25, 0.3) is 5.91 Å². The molecule has 1 saturated heterocycles. The molecule has 0 bridgehead atoms. The minimum Gasteiger partial charge on any atom is -0.336 e. The molecule has 1 fully saturated rings. The largest absolute Gasteiger partial charge is 0.336 e. The van der Waals surface area contributed by atoms with E-state index in [0.717, 1.165) is 16.1 Å². The Balaban J connectivity index is 1.75. The summed E-state index contributed by atoms with van der Waals surface area (Å²) in [5.41, 5.74) is 1.94. The molecule has 1 aliphatic rings. The molecule has 1 aliphatic heterocycles. The van der Waals surface area contributed by atoms with Gasteiger partial charge in [-0.2, -0.15) is 0 Å². The maximum atomic E-state index is 12.0. The fraction of sp³-hybridized carbons (Fsp3) is 0.214. The molecule has 2 aromatic rings. The van der Waals surface area contributed by atoms with Gasteiger partial charge in [-0.1, -0.05) is 41.7 Å². The first kappa shape index (κ1) is 13.6. The fourth-order valence-electron chi connectivity index (χ4n) is 2.11. The first-order valence-corrected chi connectivity index (χ1v) is 7.33. The molecule has 0 spiro atoms. The summed E-state index contributed by atoms with van der Waals surface area (Å²) in [7, 11) is 0. The maximum absolute atomic E-state index is 12.0. The van der Waals surface area contributed by atoms with Gasteiger partial charge in [-0.05, 0) is 12.5 Å². The Morgan fingerprint density at radius 1 is 1.38 bits per heavy atom. The van der Waals surface area contributed by atoms with Gasteiger partial charge in [0.1, 0.15) is 6.04 Å². The van der Waals surface area contributed by atoms with Crippen molar-refractivity contribution in [2.24, 2.45) is 0 Å². The second-order valence-corrected chi connectivity index (χ2v) is 5.69. The highest BCUT2D eigenvalue weighted by Crippen LogP contribution is 2.32. The number of thiazole rings is 1. The fourth-order valence-corrected chi connectivity index (χ4v) is 3.09. The molecule has 3 amide bonds. The zero-order chi connectivity index (χ0) is 14.8. The topological polar surface area (TPSA) is 83.1 Å². The number of amides is 3. The summed E-state index contributed by atoms with van der Waals surface area (Å²) < 4.78 is 0. The van der Waals surface area contributed by atoms with E-state index in [0.29, 0.717) is 11.7 Å². The molecule has 0 unspecified atom stereocenters. The van der Waals surface area contributed by atoms with Crippen molar-refractivity contribution in [3.05, 3.63) is 36.0 Å². The van der Waals surface area contributed by atoms with E-state index in [2.05, 4.69) is 20.9 Å². The molecule has 3 rings (SSSR count). The summed E-state index contributed by atoms with van der Waals surface area (Å²) in [6, 6.07) is 9.02. The van der Waals surface area contributed by atoms with Gasteiger partial charge >= 0.3 is 6.03 Å². The molecular weight excluding hydrogens is 288 g/mol. The van der Waals surface area contributed by atoms with Crippen LogP contribution in [0.15, 0.2) is 30.3 Å². The Labute approximate surface area is 125 Å². The van der Waals surface area contributed by atoms with Crippen LogP contribution in [0, 0.1) is 6.92 Å². The molecule has 1 aromatic carbocycles. The molecule has 0 radical (unpaired) electrons. The second-order valence-electron chi connectivity index (χ2n) is 4.70. The number of carbonyl (C=O) groups excluding carboxylic acids is 2. The summed E-state index contributed by atoms with van der Waals surface area (Å²) in [5.74, 6) is -0.262. The monoisotopic (exact) mass is 302 g/mol. The number of urea groups is 1. The Morgan fingerprint density at radius 3 is 2.81 bits per heavy atom. The molecule has 108 valence electrons. The molecule has 0 saturated carbocycles. The highest BCUT2D eigenvalue weighted by molar-refractivity contribution is 7.19. The highest BCUT2D eigenvalue weighted by atomic mass is 32.1. The van der Waals surface area contributed by atoms with Crippen molar-refractivity contribution in [1.29, 1.82) is 0 Å². The van der Waals surface area contributed by atoms with E-state index in [-0.39, 0.29) is 11.9 Å². The summed E-state index contributed by atoms with van der Waals surface area (Å²) in [6.45, 7) is 2.20. The van der Waals surface area contributed by atoms with Crippen molar-refractivity contribution < 1.29 is 9.59 Å². The van der Waals surface area contributed by atoms with Crippen LogP contribution in [0.3, 0.4) is 0 Å². The van der Waals surface area contributed by atoms with Crippen LogP contribution in [-0.4, -0.2) is 29.5 Å². The smallest absolute Gasteiger partial charge is 0.315 e. The third-order valence-electron chi connectivity index (χ3n) is 3.15. The second kappa shape index (κ2) is 5.53. The molecule has 7 heteroatoms. The molecule has 1 atom stereocenters. The van der Waals surface area contributed by atoms with Gasteiger partial charge in [0, 0.05) is 6.54 Å². The minimum atomic E-state index is -0.554. The lowest BCUT2D eigenvalue weighted by atomic mass is 10.2. The van der Waals surface area contributed by atoms with Crippen LogP contribution in [0.5, 0.6) is 0 Å². The average molecular weight is 302 g/mol. The van der Waals surface area contributed by atoms with E-state index < -0.39 is 6.04 Å². The normalized spacial score (nSPS) is 17.2. The van der Waals surface area contributed by atoms with Gasteiger partial charge in [-0.3, -0.25) is 4.79 Å². The first-order valence-electron chi connectivity index (χ1n) is 6.51. The van der Waals surface area contributed by atoms with E-state index in [1.807, 2.05) is 37.3 Å². The van der Waals surface area contributed by atoms with Crippen LogP contribution >= 0.6 is 11.3 Å². The van der Waals surface area contributed by atoms with Crippen molar-refractivity contribution in [1.82, 2.24) is 15.6 Å². The summed E-state index contributed by atoms with van der Waals surface area (Å²) >= 11 is 1.42. The summed E-state index contributed by atoms with van der Waals surface area (Å²) in [4.78, 5) is 28.5. The standard InChI is InChI=1S/C14H14N4O2S/c1-8-11(9-5-3-2-4-6-9)21-14(16-8)18-12(19)10-7-15-13(20)17-10/h2-6,10H,7H2,1H3,(H2,15,17,20)(H,16,18,19)/t10-/m1/s1. The van der Waals surface area contributed by atoms with Gasteiger partial charge in [-0.25, -0.2) is 9.78 Å². The molecule has 0 aliphatic carbocycles. The van der Waals surface area contributed by atoms with E-state index >= 15 is 0 Å². The van der Waals surface area contributed by atoms with Crippen molar-refractivity contribution in [2.75, 3.05) is 11.9 Å². The Hall–Kier alpha value is -2.41. The Kier molecular flexibility index (Phi) is 3.57. The third kappa shape index (κ3) is 2.87. The first-order chi connectivity index (χ1) is 10.1. The van der Waals surface area contributed by atoms with Crippen molar-refractivity contribution in [2.45, 2.75) is 13.0 Å². The van der Waals surface area contributed by atoms with Crippen molar-refractivity contribution in [3.8, 4) is 10.4 Å². The molecule has 6 nitrogen and oxygen atoms in total. The summed E-state index contributed by atoms with van der Waals surface area (Å²) in [5, 5.41) is 8.38. The van der Waals surface area contributed by atoms with Crippen LogP contribution in [0.1, 0.15) is 5.69 Å². The zero-order valence-electron chi connectivity index (χ0n) is 11.3. The predicted octanol–water partition coefficient (Wildman–Crippen LogP) is 1.74. The number of anilines is 1. The predicted molar refractivity (Wildman–Crippen MR) is 81.2 cm³/mol. The average Bonchev–Trinajstić information content (AvgIpc) is 3.06. The number of hydrogen-bond donors (Lipinski definition) is 3. The Morgan fingerprint density at radius 2 is 2.14 bits per heavy atom. The van der Waals surface area contributed by atoms with Gasteiger partial charge in [0.05, 0.1) is 10.6 Å². The SMILES string of the molecule is Cc1nc(NC(=O)[C@H]2CNC(=O)N2)sc1-c1ccccc1. The number of benzene rings is 1. The number of aromatic nitrogens is 1. The quantitative estimate of drug-likeness (QED) is 0.807. The lowest BCUT2D eigenvalue weighted by Gasteiger charge is -2.06. The highest BCUT2D eigenvalue weighted by Gasteiger charge is 2.27. The lowest BCUT2D eigenvalue weighted by Crippen LogP contribution is -2.38. The number of carbonyl (C=O) groups is 2. The van der Waals surface area contributed by atoms with Crippen LogP contribution < -0.4 is 16.0 Å². The van der Waals surface area contributed by atoms with Crippen LogP contribution in [0.2, 0.25) is 0 Å². The number of rotatable bonds is 3. The molecule has 3 N–H and O–H groups in total. The zero-order valence-corrected chi connectivity index (χ0v) is 12.2. The third-order valence-corrected chi connectivity index (χ3v) is 4.27. The van der Waals surface area contributed by atoms with Crippen LogP contribution in [-0.2, 0) is 4.79 Å².